The van der Waals surface area contributed by atoms with Crippen LogP contribution in [0.3, 0.4) is 0 Å². The Morgan fingerprint density at radius 1 is 1.07 bits per heavy atom. The fraction of sp³-hybridized carbons (Fsp3) is 0.367. The SMILES string of the molecule is CC(C)[C@H](CBC=O)C(=O)OCOC(=O)[C@H](O)C[C@@H](Cc1ccc(-c2cccc(Cl)c2)cc1)NC(=O)c1cc(O)n(C)n1. The van der Waals surface area contributed by atoms with Crippen LogP contribution in [0.4, 0.5) is 0 Å². The Morgan fingerprint density at radius 3 is 2.37 bits per heavy atom. The van der Waals surface area contributed by atoms with Crippen LogP contribution in [0.25, 0.3) is 11.1 Å². The van der Waals surface area contributed by atoms with Crippen molar-refractivity contribution in [3.63, 3.8) is 0 Å². The van der Waals surface area contributed by atoms with Gasteiger partial charge in [-0.15, -0.1) is 0 Å². The summed E-state index contributed by atoms with van der Waals surface area (Å²) in [4.78, 5) is 48.5. The first-order valence-corrected chi connectivity index (χ1v) is 14.2. The zero-order valence-electron chi connectivity index (χ0n) is 24.2. The van der Waals surface area contributed by atoms with Crippen molar-refractivity contribution in [3.8, 4) is 17.0 Å². The van der Waals surface area contributed by atoms with Crippen molar-refractivity contribution >= 4 is 42.9 Å². The van der Waals surface area contributed by atoms with Gasteiger partial charge in [0, 0.05) is 30.6 Å². The summed E-state index contributed by atoms with van der Waals surface area (Å²) >= 11 is 6.11. The lowest BCUT2D eigenvalue weighted by atomic mass is 9.69. The molecular weight excluding hydrogens is 577 g/mol. The monoisotopic (exact) mass is 611 g/mol. The third kappa shape index (κ3) is 9.97. The summed E-state index contributed by atoms with van der Waals surface area (Å²) in [6.45, 7) is 2.93. The maximum atomic E-state index is 12.9. The molecule has 0 aliphatic rings. The standard InChI is InChI=1S/C30H35BClN3O8/c1-18(2)24(15-31-16-36)29(40)42-17-43-30(41)26(37)13-23(33-28(39)25-14-27(38)35(3)34-25)11-19-7-9-20(10-8-19)21-5-4-6-22(32)12-21/h4-10,12,14,16,18,23-24,26,31,37-38H,11,13,15,17H2,1-3H3,(H,33,39)/t23-,24+,26-/m1/s1. The van der Waals surface area contributed by atoms with Gasteiger partial charge in [-0.05, 0) is 41.2 Å². The lowest BCUT2D eigenvalue weighted by molar-refractivity contribution is -0.176. The molecule has 1 heterocycles. The number of hydrogen-bond donors (Lipinski definition) is 3. The summed E-state index contributed by atoms with van der Waals surface area (Å²) in [7, 11) is 1.67. The molecule has 0 bridgehead atoms. The largest absolute Gasteiger partial charge is 0.493 e. The Hall–Kier alpha value is -4.16. The molecule has 0 spiro atoms. The van der Waals surface area contributed by atoms with Crippen LogP contribution in [0, 0.1) is 11.8 Å². The summed E-state index contributed by atoms with van der Waals surface area (Å²) in [5, 5.41) is 27.7. The number of nitrogens with zero attached hydrogens (tertiary/aromatic N) is 2. The second-order valence-corrected chi connectivity index (χ2v) is 10.9. The molecule has 13 heteroatoms. The van der Waals surface area contributed by atoms with Crippen molar-refractivity contribution in [3.05, 3.63) is 70.9 Å². The van der Waals surface area contributed by atoms with Gasteiger partial charge in [0.2, 0.25) is 20.0 Å². The molecule has 0 saturated heterocycles. The number of ether oxygens (including phenoxy) is 2. The smallest absolute Gasteiger partial charge is 0.337 e. The number of rotatable bonds is 15. The zero-order valence-corrected chi connectivity index (χ0v) is 25.0. The van der Waals surface area contributed by atoms with E-state index in [1.807, 2.05) is 56.3 Å². The molecule has 228 valence electrons. The van der Waals surface area contributed by atoms with E-state index in [1.54, 1.807) is 6.07 Å². The molecule has 11 nitrogen and oxygen atoms in total. The normalized spacial score (nSPS) is 13.1. The maximum absolute atomic E-state index is 12.9. The number of halogens is 1. The Kier molecular flexibility index (Phi) is 12.3. The third-order valence-corrected chi connectivity index (χ3v) is 7.14. The number of aromatic hydroxyl groups is 1. The number of aryl methyl sites for hydroxylation is 1. The number of aliphatic hydroxyl groups is 1. The molecule has 43 heavy (non-hydrogen) atoms. The van der Waals surface area contributed by atoms with Crippen molar-refractivity contribution in [1.29, 1.82) is 0 Å². The van der Waals surface area contributed by atoms with Crippen molar-refractivity contribution < 1.29 is 38.9 Å². The second kappa shape index (κ2) is 15.9. The van der Waals surface area contributed by atoms with Crippen molar-refractivity contribution in [2.45, 2.75) is 45.2 Å². The number of carbonyl (C=O) groups excluding carboxylic acids is 4. The van der Waals surface area contributed by atoms with Crippen LogP contribution < -0.4 is 5.32 Å². The molecule has 3 rings (SSSR count). The Labute approximate surface area is 255 Å². The minimum atomic E-state index is -1.65. The lowest BCUT2D eigenvalue weighted by Gasteiger charge is -2.21. The number of esters is 2. The Balaban J connectivity index is 1.66. The maximum Gasteiger partial charge on any atom is 0.337 e. The Morgan fingerprint density at radius 2 is 1.77 bits per heavy atom. The highest BCUT2D eigenvalue weighted by Gasteiger charge is 2.27. The van der Waals surface area contributed by atoms with Gasteiger partial charge >= 0.3 is 11.9 Å². The average molecular weight is 612 g/mol. The van der Waals surface area contributed by atoms with Crippen LogP contribution in [0.1, 0.15) is 36.3 Å². The van der Waals surface area contributed by atoms with E-state index in [4.69, 9.17) is 21.1 Å². The molecule has 0 unspecified atom stereocenters. The van der Waals surface area contributed by atoms with E-state index in [9.17, 15) is 29.4 Å². The first-order valence-electron chi connectivity index (χ1n) is 13.8. The van der Waals surface area contributed by atoms with Crippen LogP contribution >= 0.6 is 11.6 Å². The van der Waals surface area contributed by atoms with Crippen LogP contribution in [0.15, 0.2) is 54.6 Å². The van der Waals surface area contributed by atoms with Crippen LogP contribution in [-0.2, 0) is 37.3 Å². The molecule has 3 aromatic rings. The number of carbonyl (C=O) groups is 4. The van der Waals surface area contributed by atoms with Gasteiger partial charge in [0.25, 0.3) is 5.91 Å². The van der Waals surface area contributed by atoms with Gasteiger partial charge < -0.3 is 29.8 Å². The van der Waals surface area contributed by atoms with E-state index in [1.165, 1.54) is 13.1 Å². The molecule has 0 saturated carbocycles. The fourth-order valence-corrected chi connectivity index (χ4v) is 4.68. The second-order valence-electron chi connectivity index (χ2n) is 10.5. The minimum Gasteiger partial charge on any atom is -0.493 e. The summed E-state index contributed by atoms with van der Waals surface area (Å²) in [5.41, 5.74) is 2.63. The molecule has 2 aromatic carbocycles. The van der Waals surface area contributed by atoms with E-state index in [2.05, 4.69) is 10.4 Å². The van der Waals surface area contributed by atoms with Crippen LogP contribution in [-0.4, -0.2) is 70.2 Å². The predicted molar refractivity (Wildman–Crippen MR) is 161 cm³/mol. The predicted octanol–water partition coefficient (Wildman–Crippen LogP) is 2.90. The van der Waals surface area contributed by atoms with Gasteiger partial charge in [-0.25, -0.2) is 9.48 Å². The number of amides is 1. The van der Waals surface area contributed by atoms with E-state index in [0.717, 1.165) is 27.6 Å². The quantitative estimate of drug-likeness (QED) is 0.102. The topological polar surface area (TPSA) is 157 Å². The number of nitrogens with one attached hydrogen (secondary N) is 1. The highest BCUT2D eigenvalue weighted by atomic mass is 35.5. The van der Waals surface area contributed by atoms with Gasteiger partial charge in [0.1, 0.15) is 0 Å². The first kappa shape index (κ1) is 33.3. The number of aliphatic hydroxyl groups excluding tert-OH is 1. The molecular formula is C30H35BClN3O8. The zero-order chi connectivity index (χ0) is 31.5. The average Bonchev–Trinajstić information content (AvgIpc) is 3.31. The summed E-state index contributed by atoms with van der Waals surface area (Å²) in [6, 6.07) is 15.4. The van der Waals surface area contributed by atoms with Gasteiger partial charge in [-0.3, -0.25) is 9.59 Å². The Bertz CT molecular complexity index is 1390. The summed E-state index contributed by atoms with van der Waals surface area (Å²) in [6.07, 6.45) is -0.596. The number of benzene rings is 2. The molecule has 0 aliphatic heterocycles. The molecule has 0 radical (unpaired) electrons. The molecule has 1 amide bonds. The van der Waals surface area contributed by atoms with E-state index < -0.39 is 42.7 Å². The highest BCUT2D eigenvalue weighted by Crippen LogP contribution is 2.24. The van der Waals surface area contributed by atoms with Gasteiger partial charge in [0.05, 0.1) is 12.1 Å². The summed E-state index contributed by atoms with van der Waals surface area (Å²) in [5.74, 6) is -3.08. The van der Waals surface area contributed by atoms with Crippen molar-refractivity contribution in [1.82, 2.24) is 15.1 Å². The third-order valence-electron chi connectivity index (χ3n) is 6.90. The molecule has 1 aromatic heterocycles. The lowest BCUT2D eigenvalue weighted by Crippen LogP contribution is -2.41. The van der Waals surface area contributed by atoms with E-state index >= 15 is 0 Å². The minimum absolute atomic E-state index is 0.0421. The first-order chi connectivity index (χ1) is 20.5. The number of aromatic nitrogens is 2. The fourth-order valence-electron chi connectivity index (χ4n) is 4.49. The molecule has 0 aliphatic carbocycles. The number of hydrogen-bond acceptors (Lipinski definition) is 9. The highest BCUT2D eigenvalue weighted by molar-refractivity contribution is 6.66. The molecule has 3 atom stereocenters. The van der Waals surface area contributed by atoms with Gasteiger partial charge in [-0.2, -0.15) is 5.10 Å². The van der Waals surface area contributed by atoms with Gasteiger partial charge in [-0.1, -0.05) is 68.2 Å². The van der Waals surface area contributed by atoms with Crippen molar-refractivity contribution in [2.24, 2.45) is 18.9 Å². The van der Waals surface area contributed by atoms with Crippen LogP contribution in [0.5, 0.6) is 5.88 Å². The molecule has 0 fully saturated rings. The van der Waals surface area contributed by atoms with Gasteiger partial charge in [0.15, 0.2) is 11.8 Å². The summed E-state index contributed by atoms with van der Waals surface area (Å²) < 4.78 is 11.2. The van der Waals surface area contributed by atoms with Crippen molar-refractivity contribution in [2.75, 3.05) is 6.79 Å². The van der Waals surface area contributed by atoms with E-state index in [-0.39, 0.29) is 37.6 Å². The van der Waals surface area contributed by atoms with E-state index in [0.29, 0.717) is 11.3 Å². The molecule has 3 N–H and O–H groups in total. The van der Waals surface area contributed by atoms with Crippen LogP contribution in [0.2, 0.25) is 11.3 Å².